The number of hydrogen-bond acceptors (Lipinski definition) is 6. The number of nitrogens with zero attached hydrogens (tertiary/aromatic N) is 1. The van der Waals surface area contributed by atoms with Crippen molar-refractivity contribution in [1.82, 2.24) is 4.98 Å². The van der Waals surface area contributed by atoms with E-state index in [0.717, 1.165) is 27.6 Å². The van der Waals surface area contributed by atoms with Crippen molar-refractivity contribution in [2.24, 2.45) is 0 Å². The first-order valence-electron chi connectivity index (χ1n) is 9.21. The van der Waals surface area contributed by atoms with Crippen molar-refractivity contribution in [3.05, 3.63) is 52.9 Å². The maximum absolute atomic E-state index is 12.9. The smallest absolute Gasteiger partial charge is 0.268 e. The number of thiophene rings is 1. The maximum atomic E-state index is 12.9. The van der Waals surface area contributed by atoms with Crippen molar-refractivity contribution < 1.29 is 14.3 Å². The quantitative estimate of drug-likeness (QED) is 0.486. The van der Waals surface area contributed by atoms with Crippen molar-refractivity contribution in [2.45, 2.75) is 13.8 Å². The lowest BCUT2D eigenvalue weighted by molar-refractivity contribution is 0.103. The average molecular weight is 407 g/mol. The Balaban J connectivity index is 1.74. The molecular formula is C22H21N3O3S. The molecule has 0 fully saturated rings. The van der Waals surface area contributed by atoms with Gasteiger partial charge in [-0.15, -0.1) is 11.3 Å². The van der Waals surface area contributed by atoms with Gasteiger partial charge in [-0.1, -0.05) is 6.07 Å². The molecular weight excluding hydrogens is 386 g/mol. The molecule has 0 aliphatic heterocycles. The Morgan fingerprint density at radius 1 is 1.21 bits per heavy atom. The molecule has 0 saturated heterocycles. The van der Waals surface area contributed by atoms with Gasteiger partial charge in [0.15, 0.2) is 0 Å². The highest BCUT2D eigenvalue weighted by Gasteiger charge is 2.19. The molecule has 0 atom stereocenters. The molecule has 4 aromatic rings. The minimum atomic E-state index is -0.284. The first kappa shape index (κ1) is 19.0. The number of ether oxygens (including phenoxy) is 2. The van der Waals surface area contributed by atoms with E-state index in [1.54, 1.807) is 7.11 Å². The second kappa shape index (κ2) is 7.60. The number of aryl methyl sites for hydroxylation is 1. The number of nitrogens with two attached hydrogens (primary N) is 1. The number of nitrogen functional groups attached to an aromatic ring is 1. The molecule has 0 bridgehead atoms. The van der Waals surface area contributed by atoms with Crippen LogP contribution in [0.15, 0.2) is 42.5 Å². The number of methoxy groups -OCH3 is 1. The van der Waals surface area contributed by atoms with E-state index in [4.69, 9.17) is 20.2 Å². The van der Waals surface area contributed by atoms with E-state index in [0.29, 0.717) is 33.4 Å². The van der Waals surface area contributed by atoms with E-state index in [1.165, 1.54) is 11.3 Å². The lowest BCUT2D eigenvalue weighted by Crippen LogP contribution is -2.12. The Bertz CT molecular complexity index is 1230. The van der Waals surface area contributed by atoms with Crippen LogP contribution in [-0.2, 0) is 0 Å². The normalized spacial score (nSPS) is 11.0. The molecule has 2 aromatic carbocycles. The summed E-state index contributed by atoms with van der Waals surface area (Å²) >= 11 is 1.27. The van der Waals surface area contributed by atoms with E-state index in [-0.39, 0.29) is 5.91 Å². The van der Waals surface area contributed by atoms with Gasteiger partial charge in [-0.25, -0.2) is 4.98 Å². The van der Waals surface area contributed by atoms with Crippen LogP contribution >= 0.6 is 11.3 Å². The van der Waals surface area contributed by atoms with Crippen LogP contribution in [0, 0.1) is 6.92 Å². The summed E-state index contributed by atoms with van der Waals surface area (Å²) in [6, 6.07) is 13.3. The van der Waals surface area contributed by atoms with E-state index >= 15 is 0 Å². The third kappa shape index (κ3) is 3.56. The van der Waals surface area contributed by atoms with Gasteiger partial charge in [-0.3, -0.25) is 4.79 Å². The van der Waals surface area contributed by atoms with E-state index in [1.807, 2.05) is 56.3 Å². The molecule has 0 radical (unpaired) electrons. The number of anilines is 2. The maximum Gasteiger partial charge on any atom is 0.268 e. The minimum Gasteiger partial charge on any atom is -0.495 e. The highest BCUT2D eigenvalue weighted by Crippen LogP contribution is 2.36. The van der Waals surface area contributed by atoms with Crippen LogP contribution < -0.4 is 20.5 Å². The van der Waals surface area contributed by atoms with Gasteiger partial charge in [0.2, 0.25) is 0 Å². The molecule has 29 heavy (non-hydrogen) atoms. The number of pyridine rings is 1. The van der Waals surface area contributed by atoms with Crippen molar-refractivity contribution in [1.29, 1.82) is 0 Å². The molecule has 0 unspecified atom stereocenters. The largest absolute Gasteiger partial charge is 0.495 e. The topological polar surface area (TPSA) is 86.5 Å². The van der Waals surface area contributed by atoms with Crippen molar-refractivity contribution in [3.8, 4) is 11.5 Å². The summed E-state index contributed by atoms with van der Waals surface area (Å²) in [5, 5.41) is 4.62. The van der Waals surface area contributed by atoms with Gasteiger partial charge in [0.25, 0.3) is 5.91 Å². The molecule has 1 amide bonds. The molecule has 3 N–H and O–H groups in total. The summed E-state index contributed by atoms with van der Waals surface area (Å²) in [4.78, 5) is 18.8. The molecule has 0 spiro atoms. The van der Waals surface area contributed by atoms with Gasteiger partial charge in [0.1, 0.15) is 21.2 Å². The first-order valence-corrected chi connectivity index (χ1v) is 10.0. The molecule has 6 nitrogen and oxygen atoms in total. The van der Waals surface area contributed by atoms with Gasteiger partial charge in [-0.05, 0) is 49.7 Å². The number of benzene rings is 2. The Hall–Kier alpha value is -3.32. The molecule has 0 saturated carbocycles. The fourth-order valence-corrected chi connectivity index (χ4v) is 4.18. The second-order valence-electron chi connectivity index (χ2n) is 6.63. The summed E-state index contributed by atoms with van der Waals surface area (Å²) in [6.07, 6.45) is 0. The zero-order valence-corrected chi connectivity index (χ0v) is 17.2. The van der Waals surface area contributed by atoms with Gasteiger partial charge in [-0.2, -0.15) is 0 Å². The van der Waals surface area contributed by atoms with Gasteiger partial charge in [0.05, 0.1) is 30.6 Å². The number of hydrogen-bond donors (Lipinski definition) is 2. The van der Waals surface area contributed by atoms with E-state index in [2.05, 4.69) is 5.32 Å². The number of aromatic nitrogens is 1. The number of amides is 1. The Morgan fingerprint density at radius 2 is 2.03 bits per heavy atom. The van der Waals surface area contributed by atoms with Crippen molar-refractivity contribution in [3.63, 3.8) is 0 Å². The van der Waals surface area contributed by atoms with Gasteiger partial charge < -0.3 is 20.5 Å². The molecule has 0 aliphatic carbocycles. The van der Waals surface area contributed by atoms with Gasteiger partial charge in [0, 0.05) is 16.8 Å². The van der Waals surface area contributed by atoms with Crippen LogP contribution in [0.25, 0.3) is 21.1 Å². The number of rotatable bonds is 5. The first-order chi connectivity index (χ1) is 14.0. The Kier molecular flexibility index (Phi) is 4.98. The number of carbonyl (C=O) groups excluding carboxylic acids is 1. The molecule has 4 rings (SSSR count). The van der Waals surface area contributed by atoms with Crippen LogP contribution in [0.1, 0.15) is 22.2 Å². The molecule has 2 aromatic heterocycles. The molecule has 0 aliphatic rings. The fourth-order valence-electron chi connectivity index (χ4n) is 3.20. The fraction of sp³-hybridized carbons (Fsp3) is 0.182. The number of carbonyl (C=O) groups is 1. The van der Waals surface area contributed by atoms with Crippen LogP contribution in [-0.4, -0.2) is 24.6 Å². The molecule has 148 valence electrons. The van der Waals surface area contributed by atoms with Gasteiger partial charge >= 0.3 is 0 Å². The van der Waals surface area contributed by atoms with Crippen molar-refractivity contribution >= 4 is 49.7 Å². The zero-order chi connectivity index (χ0) is 20.5. The average Bonchev–Trinajstić information content (AvgIpc) is 3.02. The van der Waals surface area contributed by atoms with Crippen LogP contribution in [0.4, 0.5) is 11.4 Å². The predicted octanol–water partition coefficient (Wildman–Crippen LogP) is 5.00. The second-order valence-corrected chi connectivity index (χ2v) is 7.63. The lowest BCUT2D eigenvalue weighted by atomic mass is 10.1. The molecule has 7 heteroatoms. The molecule has 2 heterocycles. The van der Waals surface area contributed by atoms with Crippen LogP contribution in [0.2, 0.25) is 0 Å². The summed E-state index contributed by atoms with van der Waals surface area (Å²) in [5.41, 5.74) is 9.17. The Labute approximate surface area is 172 Å². The van der Waals surface area contributed by atoms with Crippen molar-refractivity contribution in [2.75, 3.05) is 24.8 Å². The summed E-state index contributed by atoms with van der Waals surface area (Å²) in [6.45, 7) is 4.48. The minimum absolute atomic E-state index is 0.284. The lowest BCUT2D eigenvalue weighted by Gasteiger charge is -2.10. The predicted molar refractivity (Wildman–Crippen MR) is 118 cm³/mol. The number of nitrogens with one attached hydrogen (secondary N) is 1. The standard InChI is InChI=1S/C22H21N3O3S/c1-4-28-14-7-6-13-10-15-19(23)20(29-22(15)25-16(13)11-14)21(26)24-17-9-12(2)5-8-18(17)27-3/h5-11H,4,23H2,1-3H3,(H,24,26). The highest BCUT2D eigenvalue weighted by molar-refractivity contribution is 7.21. The number of fused-ring (bicyclic) bond motifs is 2. The SMILES string of the molecule is CCOc1ccc2cc3c(N)c(C(=O)Nc4cc(C)ccc4OC)sc3nc2c1. The third-order valence-electron chi connectivity index (χ3n) is 4.61. The van der Waals surface area contributed by atoms with E-state index in [9.17, 15) is 4.79 Å². The van der Waals surface area contributed by atoms with Crippen LogP contribution in [0.5, 0.6) is 11.5 Å². The summed E-state index contributed by atoms with van der Waals surface area (Å²) < 4.78 is 10.9. The Morgan fingerprint density at radius 3 is 2.79 bits per heavy atom. The zero-order valence-electron chi connectivity index (χ0n) is 16.4. The van der Waals surface area contributed by atoms with E-state index < -0.39 is 0 Å². The monoisotopic (exact) mass is 407 g/mol. The summed E-state index contributed by atoms with van der Waals surface area (Å²) in [5.74, 6) is 1.07. The van der Waals surface area contributed by atoms with Crippen LogP contribution in [0.3, 0.4) is 0 Å². The third-order valence-corrected chi connectivity index (χ3v) is 5.72. The summed E-state index contributed by atoms with van der Waals surface area (Å²) in [7, 11) is 1.57. The highest BCUT2D eigenvalue weighted by atomic mass is 32.1.